The number of nitrogens with two attached hydrogens (primary N) is 1. The second-order valence-electron chi connectivity index (χ2n) is 4.66. The third kappa shape index (κ3) is 1.25. The van der Waals surface area contributed by atoms with Crippen LogP contribution in [0.4, 0.5) is 0 Å². The Kier molecular flexibility index (Phi) is 1.93. The van der Waals surface area contributed by atoms with Crippen LogP contribution >= 0.6 is 0 Å². The van der Waals surface area contributed by atoms with Crippen molar-refractivity contribution in [3.8, 4) is 0 Å². The van der Waals surface area contributed by atoms with E-state index in [9.17, 15) is 4.79 Å². The molecule has 2 nitrogen and oxygen atoms in total. The number of fused-ring (bicyclic) bond motifs is 2. The molecule has 0 aromatic carbocycles. The summed E-state index contributed by atoms with van der Waals surface area (Å²) >= 11 is 0. The smallest absolute Gasteiger partial charge is 0.163 e. The predicted molar refractivity (Wildman–Crippen MR) is 59.1 cm³/mol. The minimum Gasteiger partial charge on any atom is -0.324 e. The second-order valence-corrected chi connectivity index (χ2v) is 4.66. The van der Waals surface area contributed by atoms with E-state index in [0.717, 1.165) is 24.8 Å². The summed E-state index contributed by atoms with van der Waals surface area (Å²) in [6.45, 7) is 0. The molecule has 0 fully saturated rings. The van der Waals surface area contributed by atoms with E-state index in [1.165, 1.54) is 5.57 Å². The van der Waals surface area contributed by atoms with Crippen molar-refractivity contribution < 1.29 is 4.79 Å². The Balaban J connectivity index is 2.03. The van der Waals surface area contributed by atoms with Crippen LogP contribution in [0.1, 0.15) is 19.3 Å². The predicted octanol–water partition coefficient (Wildman–Crippen LogP) is 1.74. The average Bonchev–Trinajstić information content (AvgIpc) is 2.54. The quantitative estimate of drug-likeness (QED) is 0.606. The van der Waals surface area contributed by atoms with Gasteiger partial charge in [-0.25, -0.2) is 0 Å². The molecule has 2 heteroatoms. The van der Waals surface area contributed by atoms with Crippen LogP contribution in [0.25, 0.3) is 0 Å². The molecule has 0 spiro atoms. The highest BCUT2D eigenvalue weighted by Gasteiger charge is 2.41. The number of hydrogen-bond donors (Lipinski definition) is 1. The largest absolute Gasteiger partial charge is 0.324 e. The van der Waals surface area contributed by atoms with Crippen LogP contribution in [0, 0.1) is 11.8 Å². The Hall–Kier alpha value is -1.15. The molecule has 0 saturated carbocycles. The normalized spacial score (nSPS) is 38.2. The fourth-order valence-electron chi connectivity index (χ4n) is 2.98. The van der Waals surface area contributed by atoms with Crippen LogP contribution in [-0.2, 0) is 4.79 Å². The zero-order chi connectivity index (χ0) is 10.4. The van der Waals surface area contributed by atoms with Gasteiger partial charge in [0.15, 0.2) is 5.78 Å². The number of carbonyl (C=O) groups is 1. The van der Waals surface area contributed by atoms with Gasteiger partial charge in [0.05, 0.1) is 0 Å². The molecular formula is C13H15NO. The lowest BCUT2D eigenvalue weighted by atomic mass is 9.83. The van der Waals surface area contributed by atoms with Gasteiger partial charge in [0.25, 0.3) is 0 Å². The third-order valence-electron chi connectivity index (χ3n) is 3.73. The molecule has 3 aliphatic carbocycles. The SMILES string of the molecule is NC1C=CC2=C(C1)C(=O)C1CCC=C[C@H]21. The van der Waals surface area contributed by atoms with E-state index in [1.54, 1.807) is 0 Å². The Morgan fingerprint density at radius 1 is 1.33 bits per heavy atom. The molecular weight excluding hydrogens is 186 g/mol. The first-order valence-corrected chi connectivity index (χ1v) is 5.65. The molecule has 0 aliphatic heterocycles. The highest BCUT2D eigenvalue weighted by Crippen LogP contribution is 2.43. The molecule has 0 aromatic heterocycles. The number of ketones is 1. The van der Waals surface area contributed by atoms with Crippen LogP contribution in [0.15, 0.2) is 35.5 Å². The van der Waals surface area contributed by atoms with E-state index in [-0.39, 0.29) is 12.0 Å². The first-order chi connectivity index (χ1) is 7.27. The summed E-state index contributed by atoms with van der Waals surface area (Å²) in [7, 11) is 0. The van der Waals surface area contributed by atoms with Gasteiger partial charge in [-0.15, -0.1) is 0 Å². The lowest BCUT2D eigenvalue weighted by Gasteiger charge is -2.20. The standard InChI is InChI=1S/C13H15NO/c14-8-5-6-10-9-3-1-2-4-11(9)13(15)12(10)7-8/h1,3,5-6,8-9,11H,2,4,7,14H2/t8?,9-,11?/m1/s1. The maximum Gasteiger partial charge on any atom is 0.163 e. The zero-order valence-corrected chi connectivity index (χ0v) is 8.65. The fourth-order valence-corrected chi connectivity index (χ4v) is 2.98. The van der Waals surface area contributed by atoms with Crippen molar-refractivity contribution in [3.05, 3.63) is 35.5 Å². The summed E-state index contributed by atoms with van der Waals surface area (Å²) in [6, 6.07) is 0.0387. The summed E-state index contributed by atoms with van der Waals surface area (Å²) in [5.74, 6) is 0.930. The molecule has 0 bridgehead atoms. The van der Waals surface area contributed by atoms with Gasteiger partial charge < -0.3 is 5.73 Å². The topological polar surface area (TPSA) is 43.1 Å². The minimum atomic E-state index is 0.0387. The van der Waals surface area contributed by atoms with Gasteiger partial charge in [0.2, 0.25) is 0 Å². The van der Waals surface area contributed by atoms with E-state index in [0.29, 0.717) is 11.7 Å². The van der Waals surface area contributed by atoms with Gasteiger partial charge in [-0.2, -0.15) is 0 Å². The summed E-state index contributed by atoms with van der Waals surface area (Å²) in [5, 5.41) is 0. The molecule has 2 unspecified atom stereocenters. The fraction of sp³-hybridized carbons (Fsp3) is 0.462. The van der Waals surface area contributed by atoms with E-state index < -0.39 is 0 Å². The van der Waals surface area contributed by atoms with Gasteiger partial charge in [0.1, 0.15) is 0 Å². The molecule has 2 N–H and O–H groups in total. The Labute approximate surface area is 89.5 Å². The maximum atomic E-state index is 12.1. The number of hydrogen-bond acceptors (Lipinski definition) is 2. The van der Waals surface area contributed by atoms with Crippen molar-refractivity contribution in [3.63, 3.8) is 0 Å². The highest BCUT2D eigenvalue weighted by atomic mass is 16.1. The minimum absolute atomic E-state index is 0.0387. The van der Waals surface area contributed by atoms with Crippen LogP contribution < -0.4 is 5.73 Å². The molecule has 0 heterocycles. The molecule has 3 rings (SSSR count). The van der Waals surface area contributed by atoms with Crippen LogP contribution in [0.5, 0.6) is 0 Å². The maximum absolute atomic E-state index is 12.1. The summed E-state index contributed by atoms with van der Waals surface area (Å²) in [4.78, 5) is 12.1. The van der Waals surface area contributed by atoms with Crippen molar-refractivity contribution in [2.45, 2.75) is 25.3 Å². The van der Waals surface area contributed by atoms with Crippen LogP contribution in [0.3, 0.4) is 0 Å². The first kappa shape index (κ1) is 9.10. The van der Waals surface area contributed by atoms with E-state index in [2.05, 4.69) is 18.2 Å². The van der Waals surface area contributed by atoms with Gasteiger partial charge in [-0.1, -0.05) is 24.3 Å². The van der Waals surface area contributed by atoms with Gasteiger partial charge >= 0.3 is 0 Å². The Morgan fingerprint density at radius 3 is 3.07 bits per heavy atom. The van der Waals surface area contributed by atoms with E-state index in [1.807, 2.05) is 6.08 Å². The van der Waals surface area contributed by atoms with Gasteiger partial charge in [0, 0.05) is 23.5 Å². The monoisotopic (exact) mass is 201 g/mol. The van der Waals surface area contributed by atoms with Gasteiger partial charge in [-0.3, -0.25) is 4.79 Å². The Bertz CT molecular complexity index is 403. The summed E-state index contributed by atoms with van der Waals surface area (Å²) < 4.78 is 0. The van der Waals surface area contributed by atoms with Crippen molar-refractivity contribution >= 4 is 5.78 Å². The second kappa shape index (κ2) is 3.17. The Morgan fingerprint density at radius 2 is 2.20 bits per heavy atom. The van der Waals surface area contributed by atoms with Crippen molar-refractivity contribution in [2.75, 3.05) is 0 Å². The van der Waals surface area contributed by atoms with Crippen LogP contribution in [-0.4, -0.2) is 11.8 Å². The molecule has 0 radical (unpaired) electrons. The zero-order valence-electron chi connectivity index (χ0n) is 8.65. The first-order valence-electron chi connectivity index (χ1n) is 5.65. The molecule has 0 aromatic rings. The number of Topliss-reactive ketones (excluding diaryl/α,β-unsaturated/α-hetero) is 1. The summed E-state index contributed by atoms with van der Waals surface area (Å²) in [5.41, 5.74) is 8.10. The number of rotatable bonds is 0. The molecule has 3 atom stereocenters. The van der Waals surface area contributed by atoms with Crippen molar-refractivity contribution in [1.29, 1.82) is 0 Å². The lowest BCUT2D eigenvalue weighted by Crippen LogP contribution is -2.22. The number of carbonyl (C=O) groups excluding carboxylic acids is 1. The molecule has 15 heavy (non-hydrogen) atoms. The molecule has 0 saturated heterocycles. The number of allylic oxidation sites excluding steroid dienone is 4. The summed E-state index contributed by atoms with van der Waals surface area (Å²) in [6.07, 6.45) is 11.3. The van der Waals surface area contributed by atoms with E-state index >= 15 is 0 Å². The average molecular weight is 201 g/mol. The molecule has 3 aliphatic rings. The molecule has 78 valence electrons. The van der Waals surface area contributed by atoms with Crippen LogP contribution in [0.2, 0.25) is 0 Å². The van der Waals surface area contributed by atoms with Crippen molar-refractivity contribution in [2.24, 2.45) is 17.6 Å². The third-order valence-corrected chi connectivity index (χ3v) is 3.73. The molecule has 0 amide bonds. The van der Waals surface area contributed by atoms with Crippen molar-refractivity contribution in [1.82, 2.24) is 0 Å². The highest BCUT2D eigenvalue weighted by molar-refractivity contribution is 6.02. The van der Waals surface area contributed by atoms with E-state index in [4.69, 9.17) is 5.73 Å². The van der Waals surface area contributed by atoms with Gasteiger partial charge in [-0.05, 0) is 24.8 Å². The lowest BCUT2D eigenvalue weighted by molar-refractivity contribution is -0.119.